The average Bonchev–Trinajstić information content (AvgIpc) is 3.11. The van der Waals surface area contributed by atoms with Crippen LogP contribution in [-0.4, -0.2) is 38.3 Å². The zero-order chi connectivity index (χ0) is 18.3. The Balaban J connectivity index is 1.53. The van der Waals surface area contributed by atoms with Crippen LogP contribution in [0.3, 0.4) is 0 Å². The van der Waals surface area contributed by atoms with E-state index in [0.717, 1.165) is 53.0 Å². The van der Waals surface area contributed by atoms with Crippen LogP contribution in [0.25, 0.3) is 10.2 Å². The largest absolute Gasteiger partial charge is 0.494 e. The maximum absolute atomic E-state index is 6.33. The molecule has 1 aliphatic rings. The summed E-state index contributed by atoms with van der Waals surface area (Å²) in [5.74, 6) is 0.751. The van der Waals surface area contributed by atoms with Crippen LogP contribution in [0.5, 0.6) is 5.75 Å². The summed E-state index contributed by atoms with van der Waals surface area (Å²) in [6, 6.07) is 9.48. The molecule has 0 bridgehead atoms. The van der Waals surface area contributed by atoms with Crippen LogP contribution in [0, 0.1) is 0 Å². The average molecular weight is 429 g/mol. The molecule has 2 heterocycles. The number of methoxy groups -OCH3 is 1. The van der Waals surface area contributed by atoms with Gasteiger partial charge in [-0.25, -0.2) is 4.98 Å². The monoisotopic (exact) mass is 427 g/mol. The van der Waals surface area contributed by atoms with Gasteiger partial charge in [-0.15, -0.1) is 0 Å². The van der Waals surface area contributed by atoms with E-state index in [4.69, 9.17) is 44.5 Å². The minimum atomic E-state index is 0.578. The van der Waals surface area contributed by atoms with Gasteiger partial charge < -0.3 is 14.5 Å². The van der Waals surface area contributed by atoms with Gasteiger partial charge in [0.15, 0.2) is 5.13 Å². The molecule has 1 aromatic heterocycles. The van der Waals surface area contributed by atoms with E-state index in [-0.39, 0.29) is 0 Å². The predicted molar refractivity (Wildman–Crippen MR) is 112 cm³/mol. The Morgan fingerprint density at radius 3 is 2.31 bits per heavy atom. The van der Waals surface area contributed by atoms with Crippen molar-refractivity contribution in [2.24, 2.45) is 0 Å². The molecule has 1 saturated heterocycles. The maximum Gasteiger partial charge on any atom is 0.186 e. The molecular formula is C18H16Cl3N3OS. The van der Waals surface area contributed by atoms with Gasteiger partial charge in [0.1, 0.15) is 11.3 Å². The van der Waals surface area contributed by atoms with Crippen molar-refractivity contribution >= 4 is 67.2 Å². The fourth-order valence-corrected chi connectivity index (χ4v) is 4.68. The first kappa shape index (κ1) is 18.0. The zero-order valence-corrected chi connectivity index (χ0v) is 17.1. The number of thiazole rings is 1. The van der Waals surface area contributed by atoms with Crippen LogP contribution in [0.4, 0.5) is 10.8 Å². The van der Waals surface area contributed by atoms with E-state index in [1.807, 2.05) is 30.3 Å². The van der Waals surface area contributed by atoms with Crippen LogP contribution in [-0.2, 0) is 0 Å². The number of nitrogens with zero attached hydrogens (tertiary/aromatic N) is 3. The number of halogens is 3. The molecule has 0 unspecified atom stereocenters. The van der Waals surface area contributed by atoms with Crippen LogP contribution >= 0.6 is 46.1 Å². The summed E-state index contributed by atoms with van der Waals surface area (Å²) in [5.41, 5.74) is 1.92. The second-order valence-electron chi connectivity index (χ2n) is 6.00. The molecule has 26 heavy (non-hydrogen) atoms. The highest BCUT2D eigenvalue weighted by molar-refractivity contribution is 7.22. The number of benzene rings is 2. The second kappa shape index (κ2) is 7.31. The highest BCUT2D eigenvalue weighted by Gasteiger charge is 2.22. The highest BCUT2D eigenvalue weighted by Crippen LogP contribution is 2.39. The first-order valence-corrected chi connectivity index (χ1v) is 10.1. The Labute approximate surface area is 170 Å². The van der Waals surface area contributed by atoms with Crippen molar-refractivity contribution in [3.8, 4) is 5.75 Å². The van der Waals surface area contributed by atoms with Gasteiger partial charge in [0.05, 0.1) is 26.9 Å². The number of aromatic nitrogens is 1. The molecule has 1 fully saturated rings. The minimum Gasteiger partial charge on any atom is -0.494 e. The molecule has 8 heteroatoms. The Bertz CT molecular complexity index is 954. The second-order valence-corrected chi connectivity index (χ2v) is 8.20. The van der Waals surface area contributed by atoms with Crippen molar-refractivity contribution in [3.63, 3.8) is 0 Å². The van der Waals surface area contributed by atoms with Gasteiger partial charge >= 0.3 is 0 Å². The number of fused-ring (bicyclic) bond motifs is 1. The topological polar surface area (TPSA) is 28.6 Å². The highest BCUT2D eigenvalue weighted by atomic mass is 35.5. The Morgan fingerprint density at radius 1 is 0.923 bits per heavy atom. The van der Waals surface area contributed by atoms with E-state index in [2.05, 4.69) is 9.80 Å². The van der Waals surface area contributed by atoms with E-state index in [9.17, 15) is 0 Å². The van der Waals surface area contributed by atoms with E-state index in [0.29, 0.717) is 15.1 Å². The molecule has 4 nitrogen and oxygen atoms in total. The van der Waals surface area contributed by atoms with E-state index >= 15 is 0 Å². The van der Waals surface area contributed by atoms with Crippen molar-refractivity contribution in [2.75, 3.05) is 43.1 Å². The van der Waals surface area contributed by atoms with Gasteiger partial charge in [0.2, 0.25) is 0 Å². The number of hydrogen-bond donors (Lipinski definition) is 0. The third-order valence-electron chi connectivity index (χ3n) is 4.49. The molecule has 3 aromatic rings. The van der Waals surface area contributed by atoms with Gasteiger partial charge in [-0.2, -0.15) is 0 Å². The molecule has 4 rings (SSSR count). The van der Waals surface area contributed by atoms with Crippen LogP contribution in [0.1, 0.15) is 0 Å². The molecule has 0 radical (unpaired) electrons. The van der Waals surface area contributed by atoms with E-state index in [1.54, 1.807) is 18.4 Å². The summed E-state index contributed by atoms with van der Waals surface area (Å²) in [4.78, 5) is 9.36. The normalized spacial score (nSPS) is 14.9. The van der Waals surface area contributed by atoms with Crippen molar-refractivity contribution in [3.05, 3.63) is 45.4 Å². The number of rotatable bonds is 3. The molecule has 0 spiro atoms. The lowest BCUT2D eigenvalue weighted by Crippen LogP contribution is -2.46. The smallest absolute Gasteiger partial charge is 0.186 e. The van der Waals surface area contributed by atoms with Gasteiger partial charge in [0.25, 0.3) is 0 Å². The first-order chi connectivity index (χ1) is 12.6. The van der Waals surface area contributed by atoms with E-state index in [1.165, 1.54) is 0 Å². The standard InChI is InChI=1S/C18H16Cl3N3OS/c1-25-15-5-4-13(20)17-16(15)22-18(26-17)24-8-6-23(7-9-24)11-2-3-12(19)14(21)10-11/h2-5,10H,6-9H2,1H3. The molecule has 0 saturated carbocycles. The van der Waals surface area contributed by atoms with Gasteiger partial charge in [-0.1, -0.05) is 46.1 Å². The molecule has 136 valence electrons. The summed E-state index contributed by atoms with van der Waals surface area (Å²) in [5, 5.41) is 2.84. The first-order valence-electron chi connectivity index (χ1n) is 8.15. The number of piperazine rings is 1. The lowest BCUT2D eigenvalue weighted by molar-refractivity contribution is 0.419. The van der Waals surface area contributed by atoms with Crippen molar-refractivity contribution < 1.29 is 4.74 Å². The zero-order valence-electron chi connectivity index (χ0n) is 14.0. The predicted octanol–water partition coefficient (Wildman–Crippen LogP) is 5.59. The summed E-state index contributed by atoms with van der Waals surface area (Å²) in [6.07, 6.45) is 0. The van der Waals surface area contributed by atoms with Gasteiger partial charge in [0, 0.05) is 31.9 Å². The lowest BCUT2D eigenvalue weighted by Gasteiger charge is -2.36. The fraction of sp³-hybridized carbons (Fsp3) is 0.278. The fourth-order valence-electron chi connectivity index (χ4n) is 3.08. The molecule has 0 N–H and O–H groups in total. The third-order valence-corrected chi connectivity index (χ3v) is 6.80. The van der Waals surface area contributed by atoms with Crippen LogP contribution < -0.4 is 14.5 Å². The molecular weight excluding hydrogens is 413 g/mol. The number of anilines is 2. The summed E-state index contributed by atoms with van der Waals surface area (Å²) in [6.45, 7) is 3.53. The Kier molecular flexibility index (Phi) is 5.06. The Hall–Kier alpha value is -1.40. The van der Waals surface area contributed by atoms with Crippen LogP contribution in [0.2, 0.25) is 15.1 Å². The van der Waals surface area contributed by atoms with Gasteiger partial charge in [-0.3, -0.25) is 0 Å². The van der Waals surface area contributed by atoms with Gasteiger partial charge in [-0.05, 0) is 30.3 Å². The maximum atomic E-state index is 6.33. The molecule has 0 atom stereocenters. The SMILES string of the molecule is COc1ccc(Cl)c2sc(N3CCN(c4ccc(Cl)c(Cl)c4)CC3)nc12. The number of ether oxygens (including phenoxy) is 1. The molecule has 1 aliphatic heterocycles. The lowest BCUT2D eigenvalue weighted by atomic mass is 10.2. The minimum absolute atomic E-state index is 0.578. The van der Waals surface area contributed by atoms with Crippen LogP contribution in [0.15, 0.2) is 30.3 Å². The summed E-state index contributed by atoms with van der Waals surface area (Å²) in [7, 11) is 1.65. The summed E-state index contributed by atoms with van der Waals surface area (Å²) < 4.78 is 6.38. The van der Waals surface area contributed by atoms with Crippen molar-refractivity contribution in [2.45, 2.75) is 0 Å². The number of hydrogen-bond acceptors (Lipinski definition) is 5. The molecule has 2 aromatic carbocycles. The quantitative estimate of drug-likeness (QED) is 0.543. The third kappa shape index (κ3) is 3.29. The Morgan fingerprint density at radius 2 is 1.62 bits per heavy atom. The summed E-state index contributed by atoms with van der Waals surface area (Å²) >= 11 is 20.1. The van der Waals surface area contributed by atoms with E-state index < -0.39 is 0 Å². The molecule has 0 amide bonds. The molecule has 0 aliphatic carbocycles. The van der Waals surface area contributed by atoms with Crippen molar-refractivity contribution in [1.29, 1.82) is 0 Å². The van der Waals surface area contributed by atoms with Crippen molar-refractivity contribution in [1.82, 2.24) is 4.98 Å².